The van der Waals surface area contributed by atoms with Gasteiger partial charge in [0.2, 0.25) is 0 Å². The van der Waals surface area contributed by atoms with Gasteiger partial charge in [-0.3, -0.25) is 0 Å². The number of anilines is 2. The van der Waals surface area contributed by atoms with E-state index in [9.17, 15) is 9.59 Å². The molecule has 0 aromatic heterocycles. The van der Waals surface area contributed by atoms with Gasteiger partial charge in [0.05, 0.1) is 20.8 Å². The van der Waals surface area contributed by atoms with Crippen molar-refractivity contribution in [1.82, 2.24) is 0 Å². The zero-order valence-electron chi connectivity index (χ0n) is 15.2. The molecule has 0 saturated heterocycles. The predicted octanol–water partition coefficient (Wildman–Crippen LogP) is 2.46. The zero-order valence-corrected chi connectivity index (χ0v) is 15.2. The van der Waals surface area contributed by atoms with E-state index in [1.165, 1.54) is 0 Å². The molecule has 0 N–H and O–H groups in total. The Bertz CT molecular complexity index is 965. The van der Waals surface area contributed by atoms with Gasteiger partial charge in [-0.2, -0.15) is 0 Å². The number of nitrogens with zero attached hydrogens (tertiary/aromatic N) is 2. The highest BCUT2D eigenvalue weighted by molar-refractivity contribution is 6.16. The first-order valence-corrected chi connectivity index (χ1v) is 8.36. The van der Waals surface area contributed by atoms with Crippen LogP contribution in [0, 0.1) is 0 Å². The van der Waals surface area contributed by atoms with Crippen molar-refractivity contribution in [3.05, 3.63) is 59.4 Å². The molecule has 7 nitrogen and oxygen atoms in total. The number of fused-ring (bicyclic) bond motifs is 1. The number of esters is 2. The number of methoxy groups -OCH3 is 2. The first-order chi connectivity index (χ1) is 13.0. The van der Waals surface area contributed by atoms with Crippen molar-refractivity contribution in [2.45, 2.75) is 6.54 Å². The number of cyclic esters (lactones) is 2. The number of benzene rings is 2. The summed E-state index contributed by atoms with van der Waals surface area (Å²) >= 11 is 0. The average Bonchev–Trinajstić information content (AvgIpc) is 2.91. The van der Waals surface area contributed by atoms with Crippen molar-refractivity contribution in [1.29, 1.82) is 0 Å². The van der Waals surface area contributed by atoms with Gasteiger partial charge in [0.15, 0.2) is 11.4 Å². The molecule has 2 aliphatic heterocycles. The maximum absolute atomic E-state index is 12.5. The third-order valence-corrected chi connectivity index (χ3v) is 4.76. The maximum Gasteiger partial charge on any atom is 0.365 e. The molecule has 0 unspecified atom stereocenters. The fraction of sp³-hybridized carbons (Fsp3) is 0.200. The summed E-state index contributed by atoms with van der Waals surface area (Å²) in [5.74, 6) is 0.0944. The lowest BCUT2D eigenvalue weighted by Crippen LogP contribution is -2.26. The average molecular weight is 366 g/mol. The van der Waals surface area contributed by atoms with Crippen molar-refractivity contribution in [3.8, 4) is 11.5 Å². The molecule has 0 radical (unpaired) electrons. The number of ether oxygens (including phenoxy) is 3. The second kappa shape index (κ2) is 6.35. The first-order valence-electron chi connectivity index (χ1n) is 8.36. The molecule has 0 saturated carbocycles. The third kappa shape index (κ3) is 2.68. The largest absolute Gasteiger partial charge is 0.497 e. The molecule has 0 fully saturated rings. The minimum absolute atomic E-state index is 0.222. The van der Waals surface area contributed by atoms with E-state index in [2.05, 4.69) is 0 Å². The smallest absolute Gasteiger partial charge is 0.365 e. The van der Waals surface area contributed by atoms with E-state index >= 15 is 0 Å². The van der Waals surface area contributed by atoms with E-state index in [0.717, 1.165) is 16.9 Å². The Morgan fingerprint density at radius 2 is 1.52 bits per heavy atom. The molecule has 7 heteroatoms. The molecule has 0 bridgehead atoms. The van der Waals surface area contributed by atoms with Crippen LogP contribution in [0.3, 0.4) is 0 Å². The summed E-state index contributed by atoms with van der Waals surface area (Å²) in [5.41, 5.74) is 2.93. The van der Waals surface area contributed by atoms with E-state index in [1.54, 1.807) is 43.2 Å². The molecule has 2 aliphatic rings. The fourth-order valence-corrected chi connectivity index (χ4v) is 3.40. The number of carbonyl (C=O) groups excluding carboxylic acids is 2. The van der Waals surface area contributed by atoms with E-state index in [0.29, 0.717) is 18.0 Å². The standard InChI is InChI=1S/C20H18N2O5/c1-21-16-9-8-15(26-3)10-12(16)11-22(13-4-6-14(25-2)7-5-13)18-17(21)19(23)27-20(18)24/h4-10H,11H2,1-3H3. The van der Waals surface area contributed by atoms with Crippen LogP contribution in [-0.4, -0.2) is 33.2 Å². The van der Waals surface area contributed by atoms with E-state index in [-0.39, 0.29) is 11.4 Å². The highest BCUT2D eigenvalue weighted by atomic mass is 16.6. The molecule has 2 heterocycles. The molecule has 2 aromatic carbocycles. The van der Waals surface area contributed by atoms with Crippen LogP contribution in [0.25, 0.3) is 0 Å². The third-order valence-electron chi connectivity index (χ3n) is 4.76. The fourth-order valence-electron chi connectivity index (χ4n) is 3.40. The molecule has 2 aromatic rings. The van der Waals surface area contributed by atoms with Crippen LogP contribution in [0.1, 0.15) is 5.56 Å². The second-order valence-corrected chi connectivity index (χ2v) is 6.21. The summed E-state index contributed by atoms with van der Waals surface area (Å²) in [6.07, 6.45) is 0. The number of hydrogen-bond donors (Lipinski definition) is 0. The quantitative estimate of drug-likeness (QED) is 0.610. The molecular weight excluding hydrogens is 348 g/mol. The number of likely N-dealkylation sites (N-methyl/N-ethyl adjacent to an activating group) is 1. The van der Waals surface area contributed by atoms with Crippen molar-refractivity contribution in [2.24, 2.45) is 0 Å². The summed E-state index contributed by atoms with van der Waals surface area (Å²) in [5, 5.41) is 0. The molecule has 0 aliphatic carbocycles. The number of hydrogen-bond acceptors (Lipinski definition) is 7. The second-order valence-electron chi connectivity index (χ2n) is 6.21. The van der Waals surface area contributed by atoms with Crippen molar-refractivity contribution in [3.63, 3.8) is 0 Å². The summed E-state index contributed by atoms with van der Waals surface area (Å²) < 4.78 is 15.5. The van der Waals surface area contributed by atoms with Crippen molar-refractivity contribution >= 4 is 23.3 Å². The molecule has 0 amide bonds. The Balaban J connectivity index is 1.90. The minimum atomic E-state index is -0.655. The van der Waals surface area contributed by atoms with Crippen LogP contribution in [0.15, 0.2) is 53.9 Å². The zero-order chi connectivity index (χ0) is 19.1. The predicted molar refractivity (Wildman–Crippen MR) is 98.7 cm³/mol. The Hall–Kier alpha value is -3.48. The van der Waals surface area contributed by atoms with Gasteiger partial charge in [0.25, 0.3) is 0 Å². The maximum atomic E-state index is 12.5. The Labute approximate surface area is 156 Å². The van der Waals surface area contributed by atoms with Crippen LogP contribution in [0.4, 0.5) is 11.4 Å². The Morgan fingerprint density at radius 3 is 2.19 bits per heavy atom. The highest BCUT2D eigenvalue weighted by Gasteiger charge is 2.42. The van der Waals surface area contributed by atoms with E-state index < -0.39 is 11.9 Å². The SMILES string of the molecule is COc1ccc(N2Cc3cc(OC)ccc3N(C)C3=C2C(=O)OC3=O)cc1. The van der Waals surface area contributed by atoms with Crippen LogP contribution in [-0.2, 0) is 20.9 Å². The first kappa shape index (κ1) is 17.0. The topological polar surface area (TPSA) is 68.3 Å². The van der Waals surface area contributed by atoms with Gasteiger partial charge in [-0.1, -0.05) is 0 Å². The molecule has 0 atom stereocenters. The summed E-state index contributed by atoms with van der Waals surface area (Å²) in [6.45, 7) is 0.379. The minimum Gasteiger partial charge on any atom is -0.497 e. The normalized spacial score (nSPS) is 16.0. The monoisotopic (exact) mass is 366 g/mol. The van der Waals surface area contributed by atoms with Gasteiger partial charge >= 0.3 is 11.9 Å². The van der Waals surface area contributed by atoms with Crippen molar-refractivity contribution in [2.75, 3.05) is 31.1 Å². The van der Waals surface area contributed by atoms with Crippen molar-refractivity contribution < 1.29 is 23.8 Å². The van der Waals surface area contributed by atoms with Crippen LogP contribution >= 0.6 is 0 Å². The summed E-state index contributed by atoms with van der Waals surface area (Å²) in [7, 11) is 4.94. The summed E-state index contributed by atoms with van der Waals surface area (Å²) in [4.78, 5) is 28.3. The van der Waals surface area contributed by atoms with Gasteiger partial charge in [-0.25, -0.2) is 9.59 Å². The van der Waals surface area contributed by atoms with Gasteiger partial charge in [0.1, 0.15) is 11.5 Å². The Morgan fingerprint density at radius 1 is 0.889 bits per heavy atom. The van der Waals surface area contributed by atoms with E-state index in [1.807, 2.05) is 30.3 Å². The lowest BCUT2D eigenvalue weighted by molar-refractivity contribution is -0.151. The molecular formula is C20H18N2O5. The van der Waals surface area contributed by atoms with Gasteiger partial charge < -0.3 is 24.0 Å². The molecule has 27 heavy (non-hydrogen) atoms. The number of carbonyl (C=O) groups is 2. The highest BCUT2D eigenvalue weighted by Crippen LogP contribution is 2.39. The lowest BCUT2D eigenvalue weighted by atomic mass is 10.1. The van der Waals surface area contributed by atoms with Crippen LogP contribution in [0.5, 0.6) is 11.5 Å². The lowest BCUT2D eigenvalue weighted by Gasteiger charge is -2.23. The Kier molecular flexibility index (Phi) is 3.99. The van der Waals surface area contributed by atoms with E-state index in [4.69, 9.17) is 14.2 Å². The molecule has 0 spiro atoms. The van der Waals surface area contributed by atoms with Crippen LogP contribution in [0.2, 0.25) is 0 Å². The summed E-state index contributed by atoms with van der Waals surface area (Å²) in [6, 6.07) is 12.9. The molecule has 4 rings (SSSR count). The van der Waals surface area contributed by atoms with Gasteiger partial charge in [0, 0.05) is 18.4 Å². The van der Waals surface area contributed by atoms with Gasteiger partial charge in [-0.15, -0.1) is 0 Å². The van der Waals surface area contributed by atoms with Gasteiger partial charge in [-0.05, 0) is 48.0 Å². The number of rotatable bonds is 3. The van der Waals surface area contributed by atoms with Crippen LogP contribution < -0.4 is 19.3 Å². The molecule has 138 valence electrons.